The molecule has 0 aliphatic rings. The predicted octanol–water partition coefficient (Wildman–Crippen LogP) is 15.6. The van der Waals surface area contributed by atoms with Gasteiger partial charge in [-0.1, -0.05) is 283 Å². The highest BCUT2D eigenvalue weighted by atomic mass is 16.3. The van der Waals surface area contributed by atoms with Gasteiger partial charge in [0.05, 0.1) is 18.8 Å². The van der Waals surface area contributed by atoms with Crippen molar-refractivity contribution in [1.82, 2.24) is 5.32 Å². The van der Waals surface area contributed by atoms with Gasteiger partial charge in [0.1, 0.15) is 6.10 Å². The number of allylic oxidation sites excluding steroid dienone is 1. The fourth-order valence-electron chi connectivity index (χ4n) is 8.31. The molecule has 0 heterocycles. The molecule has 4 N–H and O–H groups in total. The molecule has 340 valence electrons. The Labute approximate surface area is 357 Å². The van der Waals surface area contributed by atoms with E-state index < -0.39 is 24.2 Å². The first-order valence-electron chi connectivity index (χ1n) is 26.0. The monoisotopic (exact) mass is 806 g/mol. The van der Waals surface area contributed by atoms with Gasteiger partial charge >= 0.3 is 0 Å². The molecule has 0 saturated carbocycles. The highest BCUT2D eigenvalue weighted by Gasteiger charge is 2.22. The van der Waals surface area contributed by atoms with Crippen molar-refractivity contribution in [2.75, 3.05) is 6.61 Å². The van der Waals surface area contributed by atoms with Crippen LogP contribution >= 0.6 is 0 Å². The minimum Gasteiger partial charge on any atom is -0.394 e. The summed E-state index contributed by atoms with van der Waals surface area (Å²) in [5.74, 6) is -0.498. The molecule has 0 rings (SSSR count). The lowest BCUT2D eigenvalue weighted by Gasteiger charge is -2.21. The quantitative estimate of drug-likeness (QED) is 0.0364. The fraction of sp³-hybridized carbons (Fsp3) is 0.942. The Morgan fingerprint density at radius 3 is 0.965 bits per heavy atom. The van der Waals surface area contributed by atoms with E-state index in [-0.39, 0.29) is 6.61 Å². The lowest BCUT2D eigenvalue weighted by molar-refractivity contribution is -0.131. The molecule has 3 unspecified atom stereocenters. The van der Waals surface area contributed by atoms with Crippen LogP contribution in [0.15, 0.2) is 12.2 Å². The number of aliphatic hydroxyl groups is 3. The smallest absolute Gasteiger partial charge is 0.249 e. The van der Waals surface area contributed by atoms with E-state index in [1.165, 1.54) is 238 Å². The van der Waals surface area contributed by atoms with E-state index in [0.717, 1.165) is 32.1 Å². The molecule has 5 heteroatoms. The van der Waals surface area contributed by atoms with E-state index in [4.69, 9.17) is 0 Å². The lowest BCUT2D eigenvalue weighted by Crippen LogP contribution is -2.48. The number of unbranched alkanes of at least 4 members (excludes halogenated alkanes) is 40. The van der Waals surface area contributed by atoms with E-state index in [1.54, 1.807) is 6.08 Å². The second kappa shape index (κ2) is 47.8. The molecule has 5 nitrogen and oxygen atoms in total. The van der Waals surface area contributed by atoms with Crippen LogP contribution in [0.4, 0.5) is 0 Å². The normalized spacial score (nSPS) is 13.4. The van der Waals surface area contributed by atoms with Gasteiger partial charge in [0.15, 0.2) is 0 Å². The summed E-state index contributed by atoms with van der Waals surface area (Å²) in [4.78, 5) is 12.5. The number of hydrogen-bond donors (Lipinski definition) is 4. The zero-order valence-corrected chi connectivity index (χ0v) is 38.7. The van der Waals surface area contributed by atoms with Crippen LogP contribution in [0.1, 0.15) is 290 Å². The number of amides is 1. The fourth-order valence-corrected chi connectivity index (χ4v) is 8.31. The Balaban J connectivity index is 3.48. The standard InChI is InChI=1S/C52H103NO4/c1-3-5-7-9-11-13-15-17-18-19-20-21-22-23-24-25-26-27-28-29-30-31-32-33-35-37-39-41-43-45-47-51(56)52(57)53-49(48-54)50(55)46-44-42-40-38-36-34-16-14-12-10-8-6-4-2/h44,46,49-51,54-56H,3-43,45,47-48H2,1-2H3,(H,53,57)/b46-44+. The van der Waals surface area contributed by atoms with Gasteiger partial charge in [0, 0.05) is 0 Å². The van der Waals surface area contributed by atoms with Crippen LogP contribution in [0.5, 0.6) is 0 Å². The summed E-state index contributed by atoms with van der Waals surface area (Å²) in [6, 6.07) is -0.792. The third kappa shape index (κ3) is 43.0. The molecule has 0 fully saturated rings. The molecular weight excluding hydrogens is 703 g/mol. The summed E-state index contributed by atoms with van der Waals surface area (Å²) in [5.41, 5.74) is 0. The SMILES string of the molecule is CCCCCCCCCCCCC/C=C/C(O)C(CO)NC(=O)C(O)CCCCCCCCCCCCCCCCCCCCCCCCCCCCCCCC. The van der Waals surface area contributed by atoms with Gasteiger partial charge in [-0.3, -0.25) is 4.79 Å². The Morgan fingerprint density at radius 1 is 0.421 bits per heavy atom. The average molecular weight is 806 g/mol. The van der Waals surface area contributed by atoms with E-state index in [0.29, 0.717) is 6.42 Å². The van der Waals surface area contributed by atoms with E-state index >= 15 is 0 Å². The van der Waals surface area contributed by atoms with Crippen LogP contribution in [-0.4, -0.2) is 46.1 Å². The largest absolute Gasteiger partial charge is 0.394 e. The van der Waals surface area contributed by atoms with Crippen LogP contribution in [-0.2, 0) is 4.79 Å². The van der Waals surface area contributed by atoms with Crippen molar-refractivity contribution in [3.05, 3.63) is 12.2 Å². The number of carbonyl (C=O) groups is 1. The van der Waals surface area contributed by atoms with Crippen LogP contribution in [0.3, 0.4) is 0 Å². The van der Waals surface area contributed by atoms with Crippen molar-refractivity contribution < 1.29 is 20.1 Å². The highest BCUT2D eigenvalue weighted by Crippen LogP contribution is 2.18. The molecule has 0 spiro atoms. The highest BCUT2D eigenvalue weighted by molar-refractivity contribution is 5.80. The molecule has 0 aliphatic carbocycles. The van der Waals surface area contributed by atoms with Crippen LogP contribution in [0.2, 0.25) is 0 Å². The second-order valence-corrected chi connectivity index (χ2v) is 18.1. The summed E-state index contributed by atoms with van der Waals surface area (Å²) in [7, 11) is 0. The molecule has 3 atom stereocenters. The first-order valence-corrected chi connectivity index (χ1v) is 26.0. The summed E-state index contributed by atoms with van der Waals surface area (Å²) < 4.78 is 0. The third-order valence-corrected chi connectivity index (χ3v) is 12.4. The maximum absolute atomic E-state index is 12.5. The Kier molecular flexibility index (Phi) is 47.0. The van der Waals surface area contributed by atoms with Gasteiger partial charge < -0.3 is 20.6 Å². The minimum atomic E-state index is -1.09. The van der Waals surface area contributed by atoms with Gasteiger partial charge in [-0.2, -0.15) is 0 Å². The second-order valence-electron chi connectivity index (χ2n) is 18.1. The first kappa shape index (κ1) is 56.1. The number of rotatable bonds is 48. The predicted molar refractivity (Wildman–Crippen MR) is 250 cm³/mol. The molecule has 0 aliphatic heterocycles. The molecule has 0 aromatic carbocycles. The van der Waals surface area contributed by atoms with Crippen molar-refractivity contribution in [2.24, 2.45) is 0 Å². The minimum absolute atomic E-state index is 0.359. The number of nitrogens with one attached hydrogen (secondary N) is 1. The third-order valence-electron chi connectivity index (χ3n) is 12.4. The van der Waals surface area contributed by atoms with Crippen LogP contribution < -0.4 is 5.32 Å². The summed E-state index contributed by atoms with van der Waals surface area (Å²) >= 11 is 0. The summed E-state index contributed by atoms with van der Waals surface area (Å²) in [6.07, 6.45) is 58.6. The van der Waals surface area contributed by atoms with Gasteiger partial charge in [-0.15, -0.1) is 0 Å². The van der Waals surface area contributed by atoms with Crippen molar-refractivity contribution in [2.45, 2.75) is 308 Å². The molecule has 0 radical (unpaired) electrons. The molecule has 1 amide bonds. The average Bonchev–Trinajstić information content (AvgIpc) is 3.22. The number of aliphatic hydroxyl groups excluding tert-OH is 3. The van der Waals surface area contributed by atoms with E-state index in [2.05, 4.69) is 19.2 Å². The van der Waals surface area contributed by atoms with E-state index in [1.807, 2.05) is 6.08 Å². The molecule has 57 heavy (non-hydrogen) atoms. The molecule has 0 bridgehead atoms. The Morgan fingerprint density at radius 2 is 0.684 bits per heavy atom. The first-order chi connectivity index (χ1) is 28.1. The summed E-state index contributed by atoms with van der Waals surface area (Å²) in [5, 5.41) is 33.2. The molecule has 0 aromatic heterocycles. The van der Waals surface area contributed by atoms with Crippen molar-refractivity contribution in [3.63, 3.8) is 0 Å². The lowest BCUT2D eigenvalue weighted by atomic mass is 10.0. The van der Waals surface area contributed by atoms with Crippen LogP contribution in [0, 0.1) is 0 Å². The van der Waals surface area contributed by atoms with Gasteiger partial charge in [0.2, 0.25) is 5.91 Å². The maximum Gasteiger partial charge on any atom is 0.249 e. The van der Waals surface area contributed by atoms with Gasteiger partial charge in [-0.25, -0.2) is 0 Å². The zero-order chi connectivity index (χ0) is 41.5. The Hall–Kier alpha value is -0.910. The molecular formula is C52H103NO4. The molecule has 0 saturated heterocycles. The number of carbonyl (C=O) groups excluding carboxylic acids is 1. The van der Waals surface area contributed by atoms with Crippen LogP contribution in [0.25, 0.3) is 0 Å². The summed E-state index contributed by atoms with van der Waals surface area (Å²) in [6.45, 7) is 4.20. The maximum atomic E-state index is 12.5. The van der Waals surface area contributed by atoms with Crippen molar-refractivity contribution in [1.29, 1.82) is 0 Å². The Bertz CT molecular complexity index is 803. The van der Waals surface area contributed by atoms with Gasteiger partial charge in [-0.05, 0) is 19.3 Å². The van der Waals surface area contributed by atoms with Gasteiger partial charge in [0.25, 0.3) is 0 Å². The van der Waals surface area contributed by atoms with Crippen molar-refractivity contribution in [3.8, 4) is 0 Å². The number of hydrogen-bond acceptors (Lipinski definition) is 4. The van der Waals surface area contributed by atoms with E-state index in [9.17, 15) is 20.1 Å². The molecule has 0 aromatic rings. The topological polar surface area (TPSA) is 89.8 Å². The zero-order valence-electron chi connectivity index (χ0n) is 38.7. The van der Waals surface area contributed by atoms with Crippen molar-refractivity contribution >= 4 is 5.91 Å².